The molecule has 0 aliphatic heterocycles. The molecule has 0 aliphatic carbocycles. The Morgan fingerprint density at radius 2 is 1.88 bits per heavy atom. The molecule has 2 heterocycles. The predicted octanol–water partition coefficient (Wildman–Crippen LogP) is 0.103. The van der Waals surface area contributed by atoms with Crippen LogP contribution in [0.25, 0.3) is 27.6 Å². The maximum Gasteiger partial charge on any atom is 1.00 e. The van der Waals surface area contributed by atoms with Crippen LogP contribution in [0.2, 0.25) is 0 Å². The molecule has 4 aromatic rings. The molecule has 0 spiro atoms. The van der Waals surface area contributed by atoms with Crippen molar-refractivity contribution in [3.05, 3.63) is 65.9 Å². The van der Waals surface area contributed by atoms with Gasteiger partial charge in [0.2, 0.25) is 0 Å². The normalized spacial score (nSPS) is 10.5. The molecule has 0 aliphatic rings. The van der Waals surface area contributed by atoms with Crippen molar-refractivity contribution >= 4 is 21.8 Å². The number of aromatic nitrogens is 2. The third-order valence-corrected chi connectivity index (χ3v) is 4.54. The summed E-state index contributed by atoms with van der Waals surface area (Å²) in [5.74, 6) is 1.08. The second-order valence-corrected chi connectivity index (χ2v) is 5.99. The van der Waals surface area contributed by atoms with Crippen molar-refractivity contribution in [3.8, 4) is 11.6 Å². The number of hydrogen-bond acceptors (Lipinski definition) is 1. The van der Waals surface area contributed by atoms with Crippen LogP contribution in [0.15, 0.2) is 48.7 Å². The Bertz CT molecular complexity index is 1070. The summed E-state index contributed by atoms with van der Waals surface area (Å²) in [5.41, 5.74) is 3.90. The zero-order chi connectivity index (χ0) is 16.1. The zero-order valence-corrected chi connectivity index (χ0v) is 17.5. The quantitative estimate of drug-likeness (QED) is 0.187. The average molecular weight is 555 g/mol. The van der Waals surface area contributed by atoms with E-state index in [9.17, 15) is 5.11 Å². The van der Waals surface area contributed by atoms with Gasteiger partial charge in [-0.2, -0.15) is 6.07 Å². The first kappa shape index (κ1) is 18.1. The third-order valence-electron chi connectivity index (χ3n) is 4.54. The van der Waals surface area contributed by atoms with E-state index in [1.54, 1.807) is 6.07 Å². The fourth-order valence-electron chi connectivity index (χ4n) is 3.40. The molecule has 5 heteroatoms. The van der Waals surface area contributed by atoms with Crippen LogP contribution in [0.3, 0.4) is 0 Å². The molecule has 0 atom stereocenters. The van der Waals surface area contributed by atoms with Gasteiger partial charge in [-0.25, -0.2) is 4.57 Å². The molecular formula is C20H17BkLiN2O. The Morgan fingerprint density at radius 3 is 2.60 bits per heavy atom. The van der Waals surface area contributed by atoms with Crippen molar-refractivity contribution in [1.29, 1.82) is 0 Å². The molecule has 0 saturated heterocycles. The number of nitrogens with zero attached hydrogens (tertiary/aromatic N) is 2. The largest absolute Gasteiger partial charge is 1.00 e. The van der Waals surface area contributed by atoms with E-state index in [-0.39, 0.29) is 24.6 Å². The number of rotatable bonds is 1. The van der Waals surface area contributed by atoms with Gasteiger partial charge >= 0.3 is 18.9 Å². The smallest absolute Gasteiger partial charge is 0.872 e. The average Bonchev–Trinajstić information content (AvgIpc) is 2.89. The Hall–Kier alpha value is -3.21. The van der Waals surface area contributed by atoms with Crippen molar-refractivity contribution in [2.75, 3.05) is 0 Å². The van der Waals surface area contributed by atoms with Gasteiger partial charge in [-0.15, -0.1) is 11.8 Å². The molecule has 1 radical (unpaired) electrons. The van der Waals surface area contributed by atoms with Crippen molar-refractivity contribution in [2.24, 2.45) is 7.05 Å². The van der Waals surface area contributed by atoms with E-state index in [4.69, 9.17) is 0 Å². The zero-order valence-electron chi connectivity index (χ0n) is 14.8. The van der Waals surface area contributed by atoms with Crippen molar-refractivity contribution in [2.45, 2.75) is 13.8 Å². The summed E-state index contributed by atoms with van der Waals surface area (Å²) in [6.45, 7) is 3.92. The van der Waals surface area contributed by atoms with Gasteiger partial charge in [0.15, 0.2) is 5.82 Å². The molecule has 0 bridgehead atoms. The Morgan fingerprint density at radius 1 is 1.16 bits per heavy atom. The molecule has 0 saturated carbocycles. The minimum absolute atomic E-state index is 0. The standard InChI is InChI=1S/C20H18N2O.Bk.Li/c1-13-12-17(23)14(2)20-19(13)15-8-4-5-9-16(15)22(20)18-10-6-7-11-21(18)3;;/h4-5,7-12,23H,1-3H3;;/q;;+1/p-1. The van der Waals surface area contributed by atoms with Crippen molar-refractivity contribution in [3.63, 3.8) is 0 Å². The Labute approximate surface area is 153 Å². The number of fused-ring (bicyclic) bond motifs is 3. The topological polar surface area (TPSA) is 31.9 Å². The van der Waals surface area contributed by atoms with Gasteiger partial charge in [-0.1, -0.05) is 24.3 Å². The Balaban J connectivity index is 0.00000113. The molecule has 4 rings (SSSR count). The minimum atomic E-state index is 0. The molecule has 123 valence electrons. The van der Waals surface area contributed by atoms with Crippen LogP contribution in [0, 0.1) is 19.9 Å². The second-order valence-electron chi connectivity index (χ2n) is 5.99. The van der Waals surface area contributed by atoms with Gasteiger partial charge in [0.25, 0.3) is 0 Å². The van der Waals surface area contributed by atoms with Crippen LogP contribution < -0.4 is 28.5 Å². The summed E-state index contributed by atoms with van der Waals surface area (Å²) in [5, 5.41) is 14.7. The number of hydrogen-bond donors (Lipinski definition) is 0. The third kappa shape index (κ3) is 2.44. The van der Waals surface area contributed by atoms with E-state index in [1.165, 1.54) is 5.39 Å². The minimum Gasteiger partial charge on any atom is -0.872 e. The second kappa shape index (κ2) is 6.36. The van der Waals surface area contributed by atoms with E-state index < -0.39 is 0 Å². The van der Waals surface area contributed by atoms with E-state index in [0.29, 0.717) is 0 Å². The van der Waals surface area contributed by atoms with Gasteiger partial charge in [0.05, 0.1) is 7.05 Å². The van der Waals surface area contributed by atoms with Crippen molar-refractivity contribution in [1.82, 2.24) is 4.57 Å². The molecular weight excluding hydrogens is 538 g/mol. The van der Waals surface area contributed by atoms with Crippen LogP contribution in [-0.4, -0.2) is 4.57 Å². The fourth-order valence-corrected chi connectivity index (χ4v) is 3.40. The number of pyridine rings is 1. The summed E-state index contributed by atoms with van der Waals surface area (Å²) in [6.07, 6.45) is 1.97. The molecule has 0 N–H and O–H groups in total. The number of benzene rings is 2. The maximum atomic E-state index is 12.4. The van der Waals surface area contributed by atoms with E-state index in [0.717, 1.165) is 33.4 Å². The van der Waals surface area contributed by atoms with Crippen LogP contribution in [0.1, 0.15) is 11.1 Å². The summed E-state index contributed by atoms with van der Waals surface area (Å²) in [4.78, 5) is 0. The van der Waals surface area contributed by atoms with Gasteiger partial charge in [-0.3, -0.25) is 0 Å². The van der Waals surface area contributed by atoms with Gasteiger partial charge in [-0.05, 0) is 43.3 Å². The first-order valence-electron chi connectivity index (χ1n) is 7.66. The SMILES string of the molecule is Cc1cc([O-])c(C)c2c1c1ccccc1n2-c1c[c-]cc[n+]1C.[Bk].[Li+]. The van der Waals surface area contributed by atoms with Crippen LogP contribution in [-0.2, 0) is 7.05 Å². The molecule has 0 unspecified atom stereocenters. The van der Waals surface area contributed by atoms with Crippen LogP contribution in [0.5, 0.6) is 5.75 Å². The first-order chi connectivity index (χ1) is 11.1. The van der Waals surface area contributed by atoms with Gasteiger partial charge < -0.3 is 9.67 Å². The first-order valence-corrected chi connectivity index (χ1v) is 7.66. The summed E-state index contributed by atoms with van der Waals surface area (Å²) < 4.78 is 4.22. The monoisotopic (exact) mass is 555 g/mol. The molecule has 0 fully saturated rings. The molecule has 2 aromatic carbocycles. The molecule has 0 amide bonds. The van der Waals surface area contributed by atoms with E-state index in [2.05, 4.69) is 27.3 Å². The van der Waals surface area contributed by atoms with E-state index >= 15 is 0 Å². The van der Waals surface area contributed by atoms with Crippen LogP contribution in [0.4, 0.5) is 0 Å². The predicted molar refractivity (Wildman–Crippen MR) is 89.7 cm³/mol. The van der Waals surface area contributed by atoms with Gasteiger partial charge in [0.1, 0.15) is 11.0 Å². The summed E-state index contributed by atoms with van der Waals surface area (Å²) in [6, 6.07) is 17.0. The van der Waals surface area contributed by atoms with E-state index in [1.807, 2.05) is 51.4 Å². The number of para-hydroxylation sites is 1. The number of aryl methyl sites for hydroxylation is 3. The Kier molecular flexibility index (Phi) is 4.61. The molecule has 25 heavy (non-hydrogen) atoms. The fraction of sp³-hybridized carbons (Fsp3) is 0.150. The van der Waals surface area contributed by atoms with Crippen LogP contribution >= 0.6 is 0 Å². The summed E-state index contributed by atoms with van der Waals surface area (Å²) in [7, 11) is 2.01. The van der Waals surface area contributed by atoms with Crippen molar-refractivity contribution < 1.29 is 28.5 Å². The summed E-state index contributed by atoms with van der Waals surface area (Å²) >= 11 is 0. The molecule has 3 nitrogen and oxygen atoms in total. The van der Waals surface area contributed by atoms with Gasteiger partial charge in [0, 0.05) is 10.8 Å². The maximum absolute atomic E-state index is 12.4. The molecule has 2 aromatic heterocycles.